The Kier molecular flexibility index (Phi) is 7.30. The van der Waals surface area contributed by atoms with Crippen molar-refractivity contribution in [3.05, 3.63) is 217 Å². The van der Waals surface area contributed by atoms with Gasteiger partial charge in [0.05, 0.1) is 45.7 Å². The van der Waals surface area contributed by atoms with Crippen molar-refractivity contribution in [2.75, 3.05) is 6.54 Å². The van der Waals surface area contributed by atoms with Crippen LogP contribution in [0.3, 0.4) is 0 Å². The lowest BCUT2D eigenvalue weighted by atomic mass is 9.88. The van der Waals surface area contributed by atoms with E-state index in [-0.39, 0.29) is 0 Å². The van der Waals surface area contributed by atoms with Crippen LogP contribution >= 0.6 is 11.3 Å². The van der Waals surface area contributed by atoms with Gasteiger partial charge in [-0.05, 0) is 65.2 Å². The second-order valence-corrected chi connectivity index (χ2v) is 17.6. The molecule has 0 bridgehead atoms. The van der Waals surface area contributed by atoms with Crippen LogP contribution in [0.5, 0.6) is 0 Å². The molecule has 1 aliphatic rings. The summed E-state index contributed by atoms with van der Waals surface area (Å²) in [6, 6.07) is 72.5. The lowest BCUT2D eigenvalue weighted by Crippen LogP contribution is -2.04. The van der Waals surface area contributed by atoms with Crippen molar-refractivity contribution in [2.24, 2.45) is 4.99 Å². The van der Waals surface area contributed by atoms with Gasteiger partial charge in [-0.15, -0.1) is 11.3 Å². The second-order valence-electron chi connectivity index (χ2n) is 16.5. The molecule has 0 atom stereocenters. The van der Waals surface area contributed by atoms with E-state index in [1.807, 2.05) is 11.3 Å². The van der Waals surface area contributed by atoms with E-state index in [1.54, 1.807) is 0 Å². The predicted molar refractivity (Wildman–Crippen MR) is 266 cm³/mol. The van der Waals surface area contributed by atoms with Gasteiger partial charge in [0, 0.05) is 63.6 Å². The normalized spacial score (nSPS) is 13.4. The molecule has 63 heavy (non-hydrogen) atoms. The summed E-state index contributed by atoms with van der Waals surface area (Å²) < 4.78 is 15.0. The van der Waals surface area contributed by atoms with Gasteiger partial charge < -0.3 is 13.6 Å². The van der Waals surface area contributed by atoms with E-state index < -0.39 is 0 Å². The van der Waals surface area contributed by atoms with Crippen molar-refractivity contribution >= 4 is 114 Å². The van der Waals surface area contributed by atoms with E-state index in [2.05, 4.69) is 209 Å². The zero-order valence-electron chi connectivity index (χ0n) is 33.9. The van der Waals surface area contributed by atoms with Crippen LogP contribution in [-0.4, -0.2) is 21.4 Å². The highest BCUT2D eigenvalue weighted by Crippen LogP contribution is 2.47. The van der Waals surface area contributed by atoms with Crippen molar-refractivity contribution < 1.29 is 4.42 Å². The zero-order valence-corrected chi connectivity index (χ0v) is 34.7. The average Bonchev–Trinajstić information content (AvgIpc) is 4.17. The second kappa shape index (κ2) is 13.3. The van der Waals surface area contributed by atoms with Gasteiger partial charge in [-0.2, -0.15) is 0 Å². The third-order valence-electron chi connectivity index (χ3n) is 13.2. The molecule has 4 nitrogen and oxygen atoms in total. The highest BCUT2D eigenvalue weighted by molar-refractivity contribution is 7.25. The molecule has 294 valence electrons. The van der Waals surface area contributed by atoms with Crippen molar-refractivity contribution in [1.82, 2.24) is 9.13 Å². The molecule has 0 saturated carbocycles. The predicted octanol–water partition coefficient (Wildman–Crippen LogP) is 15.6. The van der Waals surface area contributed by atoms with Crippen LogP contribution in [0.4, 0.5) is 0 Å². The molecule has 4 aromatic heterocycles. The molecule has 0 spiro atoms. The molecule has 0 unspecified atom stereocenters. The maximum atomic E-state index is 7.57. The Hall–Kier alpha value is -7.99. The Morgan fingerprint density at radius 3 is 1.70 bits per heavy atom. The topological polar surface area (TPSA) is 35.4 Å². The molecule has 1 aliphatic heterocycles. The maximum absolute atomic E-state index is 7.57. The maximum Gasteiger partial charge on any atom is 0.160 e. The number of nitrogens with zero attached hydrogens (tertiary/aromatic N) is 3. The van der Waals surface area contributed by atoms with Crippen LogP contribution in [-0.2, 0) is 0 Å². The number of aliphatic imine (C=N–C) groups is 1. The van der Waals surface area contributed by atoms with Crippen molar-refractivity contribution in [2.45, 2.75) is 0 Å². The number of para-hydroxylation sites is 4. The van der Waals surface area contributed by atoms with Crippen LogP contribution in [0.25, 0.3) is 108 Å². The summed E-state index contributed by atoms with van der Waals surface area (Å²) in [5.41, 5.74) is 15.0. The Labute approximate surface area is 365 Å². The first-order valence-electron chi connectivity index (χ1n) is 21.5. The zero-order chi connectivity index (χ0) is 41.2. The summed E-state index contributed by atoms with van der Waals surface area (Å²) in [5, 5.41) is 9.61. The summed E-state index contributed by atoms with van der Waals surface area (Å²) in [4.78, 5) is 5.32. The fourth-order valence-electron chi connectivity index (χ4n) is 10.5. The SMILES string of the molecule is c1ccc(C2=NCC(c3ccccc3)=C2c2ccc(-n3c4ccccc4c4ccccc43)c3oc4c(-n5c6ccccc6c6cc7c(cc65)sc5ccccc57)cccc4c23)cc1. The van der Waals surface area contributed by atoms with Gasteiger partial charge in [0.1, 0.15) is 0 Å². The first kappa shape index (κ1) is 34.7. The van der Waals surface area contributed by atoms with Gasteiger partial charge in [-0.1, -0.05) is 152 Å². The number of fused-ring (bicyclic) bond motifs is 12. The van der Waals surface area contributed by atoms with E-state index in [1.165, 1.54) is 52.9 Å². The molecule has 13 aromatic rings. The molecular formula is C58H35N3OS. The van der Waals surface area contributed by atoms with E-state index in [0.29, 0.717) is 6.54 Å². The molecular weight excluding hydrogens is 787 g/mol. The first-order chi connectivity index (χ1) is 31.3. The van der Waals surface area contributed by atoms with Crippen LogP contribution in [0.1, 0.15) is 16.7 Å². The molecule has 9 aromatic carbocycles. The summed E-state index contributed by atoms with van der Waals surface area (Å²) in [7, 11) is 0. The van der Waals surface area contributed by atoms with Gasteiger partial charge in [-0.3, -0.25) is 4.99 Å². The summed E-state index contributed by atoms with van der Waals surface area (Å²) in [6.45, 7) is 0.592. The number of thiophene rings is 1. The number of hydrogen-bond donors (Lipinski definition) is 0. The van der Waals surface area contributed by atoms with Gasteiger partial charge >= 0.3 is 0 Å². The fourth-order valence-corrected chi connectivity index (χ4v) is 11.6. The van der Waals surface area contributed by atoms with Crippen LogP contribution in [0, 0.1) is 0 Å². The Balaban J connectivity index is 1.13. The van der Waals surface area contributed by atoms with Gasteiger partial charge in [0.15, 0.2) is 11.2 Å². The molecule has 0 saturated heterocycles. The smallest absolute Gasteiger partial charge is 0.160 e. The van der Waals surface area contributed by atoms with Gasteiger partial charge in [0.2, 0.25) is 0 Å². The fraction of sp³-hybridized carbons (Fsp3) is 0.0172. The third-order valence-corrected chi connectivity index (χ3v) is 14.3. The van der Waals surface area contributed by atoms with Crippen molar-refractivity contribution in [3.63, 3.8) is 0 Å². The van der Waals surface area contributed by atoms with E-state index in [9.17, 15) is 0 Å². The summed E-state index contributed by atoms with van der Waals surface area (Å²) >= 11 is 1.86. The van der Waals surface area contributed by atoms with Gasteiger partial charge in [0.25, 0.3) is 0 Å². The quantitative estimate of drug-likeness (QED) is 0.170. The lowest BCUT2D eigenvalue weighted by molar-refractivity contribution is 0.664. The Morgan fingerprint density at radius 2 is 0.984 bits per heavy atom. The Morgan fingerprint density at radius 1 is 0.413 bits per heavy atom. The molecule has 14 rings (SSSR count). The highest BCUT2D eigenvalue weighted by Gasteiger charge is 2.29. The standard InChI is InChI=1S/C58H35N3OS/c1-3-16-35(17-4-1)45-34-59-56(36-18-5-2-6-19-36)54(45)41-30-31-50(60-46-25-11-7-20-37(46)38-21-8-12-26-47(38)60)58-55(41)42-24-15-28-49(57(42)62-58)61-48-27-13-9-22-39(48)43-32-44-40-23-10-14-29-52(40)63-53(44)33-51(43)61/h1-33H,34H2. The highest BCUT2D eigenvalue weighted by atomic mass is 32.1. The van der Waals surface area contributed by atoms with Crippen LogP contribution in [0.15, 0.2) is 210 Å². The monoisotopic (exact) mass is 821 g/mol. The number of allylic oxidation sites excluding steroid dienone is 1. The minimum absolute atomic E-state index is 0.592. The lowest BCUT2D eigenvalue weighted by Gasteiger charge is -2.15. The number of aromatic nitrogens is 2. The summed E-state index contributed by atoms with van der Waals surface area (Å²) in [6.07, 6.45) is 0. The number of furan rings is 1. The van der Waals surface area contributed by atoms with Crippen molar-refractivity contribution in [1.29, 1.82) is 0 Å². The van der Waals surface area contributed by atoms with Crippen molar-refractivity contribution in [3.8, 4) is 11.4 Å². The minimum Gasteiger partial charge on any atom is -0.452 e. The van der Waals surface area contributed by atoms with E-state index in [0.717, 1.165) is 77.8 Å². The molecule has 0 aliphatic carbocycles. The number of hydrogen-bond acceptors (Lipinski definition) is 3. The first-order valence-corrected chi connectivity index (χ1v) is 22.3. The number of benzene rings is 9. The molecule has 0 N–H and O–H groups in total. The minimum atomic E-state index is 0.592. The molecule has 0 radical (unpaired) electrons. The van der Waals surface area contributed by atoms with Gasteiger partial charge in [-0.25, -0.2) is 0 Å². The molecule has 5 heterocycles. The largest absolute Gasteiger partial charge is 0.452 e. The van der Waals surface area contributed by atoms with Crippen LogP contribution < -0.4 is 0 Å². The average molecular weight is 822 g/mol. The molecule has 0 fully saturated rings. The Bertz CT molecular complexity index is 4050. The van der Waals surface area contributed by atoms with E-state index in [4.69, 9.17) is 9.41 Å². The molecule has 0 amide bonds. The van der Waals surface area contributed by atoms with E-state index >= 15 is 0 Å². The molecule has 5 heteroatoms. The third kappa shape index (κ3) is 4.94. The number of rotatable bonds is 5. The summed E-state index contributed by atoms with van der Waals surface area (Å²) in [5.74, 6) is 0. The van der Waals surface area contributed by atoms with Crippen LogP contribution in [0.2, 0.25) is 0 Å².